The van der Waals surface area contributed by atoms with Crippen LogP contribution >= 0.6 is 11.3 Å². The van der Waals surface area contributed by atoms with E-state index < -0.39 is 6.10 Å². The highest BCUT2D eigenvalue weighted by Crippen LogP contribution is 2.29. The van der Waals surface area contributed by atoms with Gasteiger partial charge in [-0.2, -0.15) is 5.10 Å². The van der Waals surface area contributed by atoms with Crippen LogP contribution in [0.4, 0.5) is 4.79 Å². The summed E-state index contributed by atoms with van der Waals surface area (Å²) in [5, 5.41) is 20.7. The summed E-state index contributed by atoms with van der Waals surface area (Å²) >= 11 is 1.53. The highest BCUT2D eigenvalue weighted by Gasteiger charge is 2.13. The molecular weight excluding hydrogens is 314 g/mol. The molecule has 0 fully saturated rings. The molecule has 2 amide bonds. The number of nitrogens with one attached hydrogen (secondary N) is 2. The number of nitrogens with zero attached hydrogens (tertiary/aromatic N) is 3. The van der Waals surface area contributed by atoms with E-state index >= 15 is 0 Å². The maximum Gasteiger partial charge on any atom is 0.315 e. The molecule has 23 heavy (non-hydrogen) atoms. The standard InChI is InChI=1S/C15H17N5O2S/c1-20-9-18-14(19-20)8-17-15(22)16-7-11(21)13-6-10-4-2-3-5-12(10)23-13/h2-6,9,11,21H,7-8H2,1H3,(H2,16,17,22). The van der Waals surface area contributed by atoms with E-state index in [0.717, 1.165) is 15.0 Å². The Kier molecular flexibility index (Phi) is 4.54. The van der Waals surface area contributed by atoms with E-state index in [9.17, 15) is 9.90 Å². The molecule has 0 spiro atoms. The second-order valence-electron chi connectivity index (χ2n) is 5.10. The van der Waals surface area contributed by atoms with Crippen LogP contribution in [0.3, 0.4) is 0 Å². The maximum absolute atomic E-state index is 11.7. The first-order chi connectivity index (χ1) is 11.1. The number of aliphatic hydroxyl groups excluding tert-OH is 1. The number of fused-ring (bicyclic) bond motifs is 1. The van der Waals surface area contributed by atoms with Crippen LogP contribution in [-0.2, 0) is 13.6 Å². The highest BCUT2D eigenvalue weighted by molar-refractivity contribution is 7.19. The molecule has 3 N–H and O–H groups in total. The topological polar surface area (TPSA) is 92.1 Å². The first-order valence-electron chi connectivity index (χ1n) is 7.14. The molecule has 0 saturated heterocycles. The van der Waals surface area contributed by atoms with E-state index in [4.69, 9.17) is 0 Å². The van der Waals surface area contributed by atoms with Crippen molar-refractivity contribution in [1.29, 1.82) is 0 Å². The molecule has 8 heteroatoms. The molecule has 0 bridgehead atoms. The molecule has 7 nitrogen and oxygen atoms in total. The van der Waals surface area contributed by atoms with E-state index in [1.54, 1.807) is 18.1 Å². The molecule has 0 aliphatic heterocycles. The number of amides is 2. The zero-order valence-electron chi connectivity index (χ0n) is 12.6. The van der Waals surface area contributed by atoms with Crippen LogP contribution in [0, 0.1) is 0 Å². The fourth-order valence-electron chi connectivity index (χ4n) is 2.14. The first kappa shape index (κ1) is 15.4. The Balaban J connectivity index is 1.49. The number of hydrogen-bond acceptors (Lipinski definition) is 5. The number of urea groups is 1. The number of aromatic nitrogens is 3. The van der Waals surface area contributed by atoms with Crippen LogP contribution < -0.4 is 10.6 Å². The number of aryl methyl sites for hydroxylation is 1. The minimum Gasteiger partial charge on any atom is -0.386 e. The van der Waals surface area contributed by atoms with Gasteiger partial charge in [0, 0.05) is 16.6 Å². The van der Waals surface area contributed by atoms with Gasteiger partial charge < -0.3 is 15.7 Å². The zero-order valence-corrected chi connectivity index (χ0v) is 13.4. The fourth-order valence-corrected chi connectivity index (χ4v) is 3.19. The summed E-state index contributed by atoms with van der Waals surface area (Å²) in [6.45, 7) is 0.389. The number of carbonyl (C=O) groups excluding carboxylic acids is 1. The lowest BCUT2D eigenvalue weighted by atomic mass is 10.2. The number of rotatable bonds is 5. The average Bonchev–Trinajstić information content (AvgIpc) is 3.16. The SMILES string of the molecule is Cn1cnc(CNC(=O)NCC(O)c2cc3ccccc3s2)n1. The lowest BCUT2D eigenvalue weighted by Crippen LogP contribution is -2.37. The second-order valence-corrected chi connectivity index (χ2v) is 6.22. The van der Waals surface area contributed by atoms with Crippen molar-refractivity contribution in [1.82, 2.24) is 25.4 Å². The van der Waals surface area contributed by atoms with Gasteiger partial charge in [0.1, 0.15) is 12.4 Å². The van der Waals surface area contributed by atoms with Crippen molar-refractivity contribution in [3.8, 4) is 0 Å². The zero-order chi connectivity index (χ0) is 16.2. The molecule has 2 heterocycles. The minimum atomic E-state index is -0.730. The molecule has 3 aromatic rings. The molecule has 120 valence electrons. The van der Waals surface area contributed by atoms with E-state index in [1.165, 1.54) is 11.3 Å². The van der Waals surface area contributed by atoms with Gasteiger partial charge in [0.25, 0.3) is 0 Å². The maximum atomic E-state index is 11.7. The van der Waals surface area contributed by atoms with Crippen molar-refractivity contribution in [3.05, 3.63) is 47.4 Å². The number of thiophene rings is 1. The molecule has 2 aromatic heterocycles. The third-order valence-corrected chi connectivity index (χ3v) is 4.50. The number of hydrogen-bond donors (Lipinski definition) is 3. The van der Waals surface area contributed by atoms with Crippen molar-refractivity contribution >= 4 is 27.5 Å². The van der Waals surface area contributed by atoms with Crippen molar-refractivity contribution in [3.63, 3.8) is 0 Å². The Morgan fingerprint density at radius 3 is 2.96 bits per heavy atom. The van der Waals surface area contributed by atoms with Gasteiger partial charge in [-0.25, -0.2) is 9.78 Å². The van der Waals surface area contributed by atoms with Crippen LogP contribution in [0.15, 0.2) is 36.7 Å². The number of benzene rings is 1. The van der Waals surface area contributed by atoms with Crippen molar-refractivity contribution in [2.75, 3.05) is 6.54 Å². The van der Waals surface area contributed by atoms with E-state index in [2.05, 4.69) is 20.7 Å². The predicted octanol–water partition coefficient (Wildman–Crippen LogP) is 1.56. The van der Waals surface area contributed by atoms with Gasteiger partial charge in [-0.15, -0.1) is 11.3 Å². The smallest absolute Gasteiger partial charge is 0.315 e. The first-order valence-corrected chi connectivity index (χ1v) is 7.96. The van der Waals surface area contributed by atoms with E-state index in [0.29, 0.717) is 5.82 Å². The quantitative estimate of drug-likeness (QED) is 0.661. The highest BCUT2D eigenvalue weighted by atomic mass is 32.1. The second kappa shape index (κ2) is 6.76. The van der Waals surface area contributed by atoms with Gasteiger partial charge >= 0.3 is 6.03 Å². The molecule has 1 aromatic carbocycles. The van der Waals surface area contributed by atoms with Crippen molar-refractivity contribution in [2.24, 2.45) is 7.05 Å². The van der Waals surface area contributed by atoms with Crippen LogP contribution in [0.25, 0.3) is 10.1 Å². The normalized spacial score (nSPS) is 12.3. The van der Waals surface area contributed by atoms with Crippen LogP contribution in [0.5, 0.6) is 0 Å². The molecule has 0 radical (unpaired) electrons. The van der Waals surface area contributed by atoms with Crippen LogP contribution in [0.1, 0.15) is 16.8 Å². The molecule has 1 unspecified atom stereocenters. The average molecular weight is 331 g/mol. The molecule has 3 rings (SSSR count). The summed E-state index contributed by atoms with van der Waals surface area (Å²) in [7, 11) is 1.76. The van der Waals surface area contributed by atoms with Gasteiger partial charge in [0.2, 0.25) is 0 Å². The van der Waals surface area contributed by atoms with Gasteiger partial charge in [-0.05, 0) is 17.5 Å². The monoisotopic (exact) mass is 331 g/mol. The van der Waals surface area contributed by atoms with Crippen molar-refractivity contribution < 1.29 is 9.90 Å². The third kappa shape index (κ3) is 3.85. The Morgan fingerprint density at radius 2 is 2.22 bits per heavy atom. The summed E-state index contributed by atoms with van der Waals surface area (Å²) in [6, 6.07) is 9.52. The molecular formula is C15H17N5O2S. The summed E-state index contributed by atoms with van der Waals surface area (Å²) in [4.78, 5) is 16.6. The van der Waals surface area contributed by atoms with Gasteiger partial charge in [0.15, 0.2) is 5.82 Å². The lowest BCUT2D eigenvalue weighted by Gasteiger charge is -2.10. The van der Waals surface area contributed by atoms with Gasteiger partial charge in [-0.3, -0.25) is 4.68 Å². The minimum absolute atomic E-state index is 0.147. The summed E-state index contributed by atoms with van der Waals surface area (Å²) in [5.74, 6) is 0.535. The van der Waals surface area contributed by atoms with E-state index in [1.807, 2.05) is 30.3 Å². The lowest BCUT2D eigenvalue weighted by molar-refractivity contribution is 0.176. The summed E-state index contributed by atoms with van der Waals surface area (Å²) in [5.41, 5.74) is 0. The predicted molar refractivity (Wildman–Crippen MR) is 88.0 cm³/mol. The van der Waals surface area contributed by atoms with Gasteiger partial charge in [0.05, 0.1) is 13.1 Å². The van der Waals surface area contributed by atoms with Crippen molar-refractivity contribution in [2.45, 2.75) is 12.6 Å². The molecule has 0 aliphatic rings. The largest absolute Gasteiger partial charge is 0.386 e. The Labute approximate surface area is 137 Å². The number of carbonyl (C=O) groups is 1. The number of aliphatic hydroxyl groups is 1. The molecule has 0 aliphatic carbocycles. The fraction of sp³-hybridized carbons (Fsp3) is 0.267. The van der Waals surface area contributed by atoms with E-state index in [-0.39, 0.29) is 19.1 Å². The Morgan fingerprint density at radius 1 is 1.39 bits per heavy atom. The van der Waals surface area contributed by atoms with Gasteiger partial charge in [-0.1, -0.05) is 18.2 Å². The third-order valence-electron chi connectivity index (χ3n) is 3.28. The summed E-state index contributed by atoms with van der Waals surface area (Å²) < 4.78 is 2.69. The molecule has 0 saturated carbocycles. The summed E-state index contributed by atoms with van der Waals surface area (Å²) in [6.07, 6.45) is 0.839. The van der Waals surface area contributed by atoms with Crippen LogP contribution in [-0.4, -0.2) is 32.4 Å². The molecule has 1 atom stereocenters. The Hall–Kier alpha value is -2.45. The van der Waals surface area contributed by atoms with Crippen LogP contribution in [0.2, 0.25) is 0 Å². The Bertz CT molecular complexity index is 780.